The van der Waals surface area contributed by atoms with Gasteiger partial charge in [0.2, 0.25) is 0 Å². The molecular weight excluding hydrogens is 176 g/mol. The number of hydrogen-bond acceptors (Lipinski definition) is 2. The lowest BCUT2D eigenvalue weighted by Gasteiger charge is -2.02. The number of carbonyl (C=O) groups is 1. The first-order valence-electron chi connectivity index (χ1n) is 5.16. The van der Waals surface area contributed by atoms with Gasteiger partial charge in [-0.3, -0.25) is 9.48 Å². The van der Waals surface area contributed by atoms with Crippen LogP contribution in [0.15, 0.2) is 6.07 Å². The Bertz CT molecular complexity index is 315. The van der Waals surface area contributed by atoms with Crippen molar-refractivity contribution < 1.29 is 4.79 Å². The summed E-state index contributed by atoms with van der Waals surface area (Å²) in [6, 6.07) is 2.06. The van der Waals surface area contributed by atoms with Crippen LogP contribution in [0.25, 0.3) is 0 Å². The smallest absolute Gasteiger partial charge is 0.132 e. The number of carbonyl (C=O) groups excluding carboxylic acids is 1. The lowest BCUT2D eigenvalue weighted by Crippen LogP contribution is -2.05. The fourth-order valence-electron chi connectivity index (χ4n) is 1.50. The largest absolute Gasteiger partial charge is 0.300 e. The Labute approximate surface area is 85.1 Å². The van der Waals surface area contributed by atoms with Crippen molar-refractivity contribution >= 4 is 5.78 Å². The molecule has 0 spiro atoms. The van der Waals surface area contributed by atoms with Crippen LogP contribution in [-0.2, 0) is 11.3 Å². The second-order valence-electron chi connectivity index (χ2n) is 3.65. The normalized spacial score (nSPS) is 10.5. The molecule has 0 amide bonds. The SMILES string of the molecule is CCC(=O)CCCn1nc(C)cc1C. The van der Waals surface area contributed by atoms with Crippen molar-refractivity contribution in [2.24, 2.45) is 0 Å². The summed E-state index contributed by atoms with van der Waals surface area (Å²) < 4.78 is 1.97. The average molecular weight is 194 g/mol. The van der Waals surface area contributed by atoms with Gasteiger partial charge in [-0.1, -0.05) is 6.92 Å². The number of nitrogens with zero attached hydrogens (tertiary/aromatic N) is 2. The molecule has 0 atom stereocenters. The Hall–Kier alpha value is -1.12. The van der Waals surface area contributed by atoms with E-state index in [0.717, 1.165) is 18.7 Å². The minimum atomic E-state index is 0.339. The molecule has 1 heterocycles. The van der Waals surface area contributed by atoms with E-state index < -0.39 is 0 Å². The number of aryl methyl sites for hydroxylation is 3. The van der Waals surface area contributed by atoms with E-state index in [0.29, 0.717) is 18.6 Å². The Morgan fingerprint density at radius 2 is 2.21 bits per heavy atom. The van der Waals surface area contributed by atoms with Crippen LogP contribution in [0.1, 0.15) is 37.6 Å². The Morgan fingerprint density at radius 1 is 1.50 bits per heavy atom. The third kappa shape index (κ3) is 2.98. The summed E-state index contributed by atoms with van der Waals surface area (Å²) in [4.78, 5) is 11.1. The molecule has 0 aliphatic rings. The second kappa shape index (κ2) is 4.94. The van der Waals surface area contributed by atoms with Crippen molar-refractivity contribution in [2.45, 2.75) is 46.6 Å². The van der Waals surface area contributed by atoms with Crippen LogP contribution in [0, 0.1) is 13.8 Å². The zero-order valence-electron chi connectivity index (χ0n) is 9.21. The van der Waals surface area contributed by atoms with Crippen LogP contribution >= 0.6 is 0 Å². The van der Waals surface area contributed by atoms with Crippen LogP contribution in [0.5, 0.6) is 0 Å². The van der Waals surface area contributed by atoms with Crippen LogP contribution in [-0.4, -0.2) is 15.6 Å². The predicted octanol–water partition coefficient (Wildman–Crippen LogP) is 2.26. The molecule has 0 fully saturated rings. The van der Waals surface area contributed by atoms with Gasteiger partial charge < -0.3 is 0 Å². The molecule has 0 saturated carbocycles. The summed E-state index contributed by atoms with van der Waals surface area (Å²) in [6.07, 6.45) is 2.22. The summed E-state index contributed by atoms with van der Waals surface area (Å²) in [5.74, 6) is 0.339. The van der Waals surface area contributed by atoms with Crippen LogP contribution in [0.4, 0.5) is 0 Å². The first-order chi connectivity index (χ1) is 6.63. The molecule has 0 aliphatic carbocycles. The molecule has 1 aromatic rings. The zero-order valence-corrected chi connectivity index (χ0v) is 9.21. The molecule has 14 heavy (non-hydrogen) atoms. The molecule has 0 unspecified atom stereocenters. The highest BCUT2D eigenvalue weighted by atomic mass is 16.1. The summed E-state index contributed by atoms with van der Waals surface area (Å²) in [5, 5.41) is 4.34. The van der Waals surface area contributed by atoms with Crippen molar-refractivity contribution in [3.05, 3.63) is 17.5 Å². The fraction of sp³-hybridized carbons (Fsp3) is 0.636. The third-order valence-electron chi connectivity index (χ3n) is 2.32. The summed E-state index contributed by atoms with van der Waals surface area (Å²) in [6.45, 7) is 6.79. The summed E-state index contributed by atoms with van der Waals surface area (Å²) in [5.41, 5.74) is 2.22. The van der Waals surface area contributed by atoms with Gasteiger partial charge in [-0.25, -0.2) is 0 Å². The van der Waals surface area contributed by atoms with Gasteiger partial charge in [-0.15, -0.1) is 0 Å². The summed E-state index contributed by atoms with van der Waals surface area (Å²) >= 11 is 0. The van der Waals surface area contributed by atoms with Gasteiger partial charge >= 0.3 is 0 Å². The molecule has 0 aromatic carbocycles. The monoisotopic (exact) mass is 194 g/mol. The van der Waals surface area contributed by atoms with Gasteiger partial charge in [0.1, 0.15) is 5.78 Å². The van der Waals surface area contributed by atoms with Crippen molar-refractivity contribution in [1.82, 2.24) is 9.78 Å². The number of hydrogen-bond donors (Lipinski definition) is 0. The van der Waals surface area contributed by atoms with Gasteiger partial charge in [0, 0.05) is 25.1 Å². The van der Waals surface area contributed by atoms with Gasteiger partial charge in [0.15, 0.2) is 0 Å². The Morgan fingerprint density at radius 3 is 2.71 bits per heavy atom. The summed E-state index contributed by atoms with van der Waals surface area (Å²) in [7, 11) is 0. The lowest BCUT2D eigenvalue weighted by molar-refractivity contribution is -0.118. The van der Waals surface area contributed by atoms with Crippen molar-refractivity contribution in [2.75, 3.05) is 0 Å². The molecule has 0 N–H and O–H groups in total. The number of Topliss-reactive ketones (excluding diaryl/α,β-unsaturated/α-hetero) is 1. The van der Waals surface area contributed by atoms with E-state index in [4.69, 9.17) is 0 Å². The third-order valence-corrected chi connectivity index (χ3v) is 2.32. The van der Waals surface area contributed by atoms with E-state index in [1.165, 1.54) is 5.69 Å². The van der Waals surface area contributed by atoms with Crippen molar-refractivity contribution in [3.8, 4) is 0 Å². The van der Waals surface area contributed by atoms with Crippen LogP contribution < -0.4 is 0 Å². The molecule has 3 nitrogen and oxygen atoms in total. The fourth-order valence-corrected chi connectivity index (χ4v) is 1.50. The van der Waals surface area contributed by atoms with E-state index >= 15 is 0 Å². The highest BCUT2D eigenvalue weighted by Crippen LogP contribution is 2.04. The Kier molecular flexibility index (Phi) is 3.86. The highest BCUT2D eigenvalue weighted by molar-refractivity contribution is 5.77. The lowest BCUT2D eigenvalue weighted by atomic mass is 10.2. The number of aromatic nitrogens is 2. The maximum absolute atomic E-state index is 11.1. The molecule has 0 aliphatic heterocycles. The average Bonchev–Trinajstić information content (AvgIpc) is 2.45. The van der Waals surface area contributed by atoms with Gasteiger partial charge in [-0.2, -0.15) is 5.10 Å². The molecule has 0 radical (unpaired) electrons. The first kappa shape index (κ1) is 11.0. The van der Waals surface area contributed by atoms with Gasteiger partial charge in [0.05, 0.1) is 5.69 Å². The number of rotatable bonds is 5. The van der Waals surface area contributed by atoms with Crippen LogP contribution in [0.2, 0.25) is 0 Å². The van der Waals surface area contributed by atoms with Crippen LogP contribution in [0.3, 0.4) is 0 Å². The van der Waals surface area contributed by atoms with Crippen molar-refractivity contribution in [3.63, 3.8) is 0 Å². The minimum absolute atomic E-state index is 0.339. The molecule has 0 bridgehead atoms. The highest BCUT2D eigenvalue weighted by Gasteiger charge is 2.02. The Balaban J connectivity index is 2.38. The number of ketones is 1. The maximum Gasteiger partial charge on any atom is 0.132 e. The molecule has 0 saturated heterocycles. The zero-order chi connectivity index (χ0) is 10.6. The van der Waals surface area contributed by atoms with Crippen molar-refractivity contribution in [1.29, 1.82) is 0 Å². The standard InChI is InChI=1S/C11H18N2O/c1-4-11(14)6-5-7-13-10(3)8-9(2)12-13/h8H,4-7H2,1-3H3. The molecular formula is C11H18N2O. The second-order valence-corrected chi connectivity index (χ2v) is 3.65. The molecule has 1 aromatic heterocycles. The molecule has 3 heteroatoms. The van der Waals surface area contributed by atoms with E-state index in [9.17, 15) is 4.79 Å². The quantitative estimate of drug-likeness (QED) is 0.720. The minimum Gasteiger partial charge on any atom is -0.300 e. The van der Waals surface area contributed by atoms with E-state index in [1.807, 2.05) is 25.5 Å². The van der Waals surface area contributed by atoms with Gasteiger partial charge in [-0.05, 0) is 26.3 Å². The first-order valence-corrected chi connectivity index (χ1v) is 5.16. The predicted molar refractivity (Wildman–Crippen MR) is 56.2 cm³/mol. The molecule has 1 rings (SSSR count). The maximum atomic E-state index is 11.1. The van der Waals surface area contributed by atoms with Gasteiger partial charge in [0.25, 0.3) is 0 Å². The van der Waals surface area contributed by atoms with E-state index in [1.54, 1.807) is 0 Å². The topological polar surface area (TPSA) is 34.9 Å². The van der Waals surface area contributed by atoms with E-state index in [-0.39, 0.29) is 0 Å². The van der Waals surface area contributed by atoms with E-state index in [2.05, 4.69) is 11.2 Å². The molecule has 78 valence electrons.